The van der Waals surface area contributed by atoms with E-state index in [0.717, 1.165) is 35.0 Å². The van der Waals surface area contributed by atoms with Crippen molar-refractivity contribution in [2.75, 3.05) is 11.1 Å². The highest BCUT2D eigenvalue weighted by Gasteiger charge is 2.48. The van der Waals surface area contributed by atoms with Crippen LogP contribution in [-0.2, 0) is 0 Å². The zero-order valence-electron chi connectivity index (χ0n) is 10.7. The molecule has 4 aliphatic rings. The van der Waals surface area contributed by atoms with Gasteiger partial charge in [-0.25, -0.2) is 0 Å². The zero-order valence-corrected chi connectivity index (χ0v) is 10.7. The molecule has 4 aliphatic carbocycles. The molecule has 3 nitrogen and oxygen atoms in total. The van der Waals surface area contributed by atoms with E-state index in [2.05, 4.69) is 10.3 Å². The van der Waals surface area contributed by atoms with Gasteiger partial charge in [0.2, 0.25) is 0 Å². The summed E-state index contributed by atoms with van der Waals surface area (Å²) in [5, 5.41) is 3.70. The van der Waals surface area contributed by atoms with Gasteiger partial charge in [-0.3, -0.25) is 4.98 Å². The molecular weight excluding hydrogens is 222 g/mol. The monoisotopic (exact) mass is 243 g/mol. The van der Waals surface area contributed by atoms with Crippen LogP contribution in [0.1, 0.15) is 32.1 Å². The second kappa shape index (κ2) is 3.87. The predicted molar refractivity (Wildman–Crippen MR) is 73.1 cm³/mol. The number of rotatable bonds is 2. The molecule has 0 atom stereocenters. The summed E-state index contributed by atoms with van der Waals surface area (Å²) in [6.07, 6.45) is 10.9. The first-order valence-corrected chi connectivity index (χ1v) is 7.25. The van der Waals surface area contributed by atoms with Crippen molar-refractivity contribution in [3.63, 3.8) is 0 Å². The number of nitrogens with zero attached hydrogens (tertiary/aromatic N) is 1. The van der Waals surface area contributed by atoms with Gasteiger partial charge >= 0.3 is 0 Å². The minimum absolute atomic E-state index is 0.643. The van der Waals surface area contributed by atoms with Crippen molar-refractivity contribution in [1.29, 1.82) is 0 Å². The first kappa shape index (κ1) is 10.7. The molecule has 0 aromatic carbocycles. The molecule has 1 heterocycles. The number of nitrogen functional groups attached to an aromatic ring is 1. The molecule has 4 saturated carbocycles. The van der Waals surface area contributed by atoms with E-state index in [0.29, 0.717) is 6.04 Å². The van der Waals surface area contributed by atoms with Crippen LogP contribution in [0.25, 0.3) is 0 Å². The first-order chi connectivity index (χ1) is 8.79. The van der Waals surface area contributed by atoms with E-state index in [1.165, 1.54) is 32.1 Å². The molecule has 3 N–H and O–H groups in total. The Morgan fingerprint density at radius 1 is 1.06 bits per heavy atom. The van der Waals surface area contributed by atoms with Gasteiger partial charge in [0.15, 0.2) is 0 Å². The van der Waals surface area contributed by atoms with Gasteiger partial charge in [0, 0.05) is 12.2 Å². The summed E-state index contributed by atoms with van der Waals surface area (Å²) in [6.45, 7) is 0. The molecular formula is C15H21N3. The standard InChI is InChI=1S/C15H21N3/c16-13-1-2-17-8-14(13)18-15-11-4-9-3-10(6-11)7-12(15)5-9/h1-2,8-12,15,18H,3-7H2,(H2,16,17). The fourth-order valence-corrected chi connectivity index (χ4v) is 4.87. The number of hydrogen-bond donors (Lipinski definition) is 2. The summed E-state index contributed by atoms with van der Waals surface area (Å²) in [7, 11) is 0. The van der Waals surface area contributed by atoms with Gasteiger partial charge in [-0.15, -0.1) is 0 Å². The van der Waals surface area contributed by atoms with Crippen LogP contribution in [0.15, 0.2) is 18.5 Å². The third kappa shape index (κ3) is 1.60. The van der Waals surface area contributed by atoms with Crippen molar-refractivity contribution in [1.82, 2.24) is 4.98 Å². The lowest BCUT2D eigenvalue weighted by Crippen LogP contribution is -2.51. The molecule has 0 radical (unpaired) electrons. The fraction of sp³-hybridized carbons (Fsp3) is 0.667. The molecule has 5 rings (SSSR count). The molecule has 3 heteroatoms. The van der Waals surface area contributed by atoms with E-state index >= 15 is 0 Å². The van der Waals surface area contributed by atoms with E-state index < -0.39 is 0 Å². The number of nitrogens with two attached hydrogens (primary N) is 1. The van der Waals surface area contributed by atoms with Crippen molar-refractivity contribution in [3.8, 4) is 0 Å². The molecule has 1 aromatic heterocycles. The minimum atomic E-state index is 0.643. The van der Waals surface area contributed by atoms with Gasteiger partial charge in [0.25, 0.3) is 0 Å². The Bertz CT molecular complexity index is 429. The van der Waals surface area contributed by atoms with Gasteiger partial charge in [-0.2, -0.15) is 0 Å². The quantitative estimate of drug-likeness (QED) is 0.839. The Morgan fingerprint density at radius 2 is 1.72 bits per heavy atom. The second-order valence-electron chi connectivity index (χ2n) is 6.56. The number of aromatic nitrogens is 1. The van der Waals surface area contributed by atoms with Gasteiger partial charge in [-0.05, 0) is 61.8 Å². The van der Waals surface area contributed by atoms with E-state index in [9.17, 15) is 0 Å². The normalized spacial score (nSPS) is 41.0. The molecule has 4 fully saturated rings. The molecule has 0 saturated heterocycles. The van der Waals surface area contributed by atoms with Crippen molar-refractivity contribution in [3.05, 3.63) is 18.5 Å². The Balaban J connectivity index is 1.57. The van der Waals surface area contributed by atoms with Crippen molar-refractivity contribution < 1.29 is 0 Å². The third-order valence-electron chi connectivity index (χ3n) is 5.40. The highest BCUT2D eigenvalue weighted by atomic mass is 15.0. The molecule has 1 aromatic rings. The third-order valence-corrected chi connectivity index (χ3v) is 5.40. The van der Waals surface area contributed by atoms with Crippen molar-refractivity contribution in [2.24, 2.45) is 23.7 Å². The highest BCUT2D eigenvalue weighted by Crippen LogP contribution is 2.54. The topological polar surface area (TPSA) is 50.9 Å². The van der Waals surface area contributed by atoms with Crippen LogP contribution in [0.2, 0.25) is 0 Å². The zero-order chi connectivity index (χ0) is 12.1. The van der Waals surface area contributed by atoms with Crippen LogP contribution in [-0.4, -0.2) is 11.0 Å². The molecule has 96 valence electrons. The van der Waals surface area contributed by atoms with Crippen LogP contribution in [0, 0.1) is 23.7 Å². The number of anilines is 2. The van der Waals surface area contributed by atoms with Crippen LogP contribution in [0.3, 0.4) is 0 Å². The predicted octanol–water partition coefficient (Wildman–Crippen LogP) is 2.90. The van der Waals surface area contributed by atoms with Crippen LogP contribution < -0.4 is 11.1 Å². The maximum Gasteiger partial charge on any atom is 0.0762 e. The summed E-state index contributed by atoms with van der Waals surface area (Å²) in [6, 6.07) is 2.53. The Hall–Kier alpha value is -1.25. The lowest BCUT2D eigenvalue weighted by atomic mass is 9.54. The highest BCUT2D eigenvalue weighted by molar-refractivity contribution is 5.64. The lowest BCUT2D eigenvalue weighted by Gasteiger charge is -2.54. The van der Waals surface area contributed by atoms with Crippen molar-refractivity contribution in [2.45, 2.75) is 38.1 Å². The average molecular weight is 243 g/mol. The fourth-order valence-electron chi connectivity index (χ4n) is 4.87. The van der Waals surface area contributed by atoms with E-state index in [1.807, 2.05) is 12.3 Å². The molecule has 0 unspecified atom stereocenters. The van der Waals surface area contributed by atoms with E-state index in [4.69, 9.17) is 5.73 Å². The summed E-state index contributed by atoms with van der Waals surface area (Å²) < 4.78 is 0. The van der Waals surface area contributed by atoms with E-state index in [-0.39, 0.29) is 0 Å². The van der Waals surface area contributed by atoms with Gasteiger partial charge in [0.1, 0.15) is 0 Å². The smallest absolute Gasteiger partial charge is 0.0762 e. The number of pyridine rings is 1. The maximum atomic E-state index is 6.02. The average Bonchev–Trinajstić information content (AvgIpc) is 2.35. The Morgan fingerprint density at radius 3 is 2.33 bits per heavy atom. The van der Waals surface area contributed by atoms with Gasteiger partial charge in [-0.1, -0.05) is 0 Å². The van der Waals surface area contributed by atoms with Crippen LogP contribution in [0.5, 0.6) is 0 Å². The molecule has 0 amide bonds. The van der Waals surface area contributed by atoms with Crippen LogP contribution >= 0.6 is 0 Å². The largest absolute Gasteiger partial charge is 0.397 e. The Kier molecular flexibility index (Phi) is 2.29. The molecule has 0 spiro atoms. The van der Waals surface area contributed by atoms with Crippen molar-refractivity contribution >= 4 is 11.4 Å². The summed E-state index contributed by atoms with van der Waals surface area (Å²) in [5.74, 6) is 3.80. The van der Waals surface area contributed by atoms with Gasteiger partial charge in [0.05, 0.1) is 17.6 Å². The molecule has 0 aliphatic heterocycles. The summed E-state index contributed by atoms with van der Waals surface area (Å²) in [4.78, 5) is 4.19. The van der Waals surface area contributed by atoms with E-state index in [1.54, 1.807) is 6.20 Å². The number of nitrogens with one attached hydrogen (secondary N) is 1. The summed E-state index contributed by atoms with van der Waals surface area (Å²) >= 11 is 0. The Labute approximate surface area is 108 Å². The van der Waals surface area contributed by atoms with Gasteiger partial charge < -0.3 is 11.1 Å². The lowest BCUT2D eigenvalue weighted by molar-refractivity contribution is 0.00755. The summed E-state index contributed by atoms with van der Waals surface area (Å²) in [5.41, 5.74) is 7.89. The SMILES string of the molecule is Nc1ccncc1NC1C2CC3CC(C2)CC1C3. The van der Waals surface area contributed by atoms with Crippen LogP contribution in [0.4, 0.5) is 11.4 Å². The first-order valence-electron chi connectivity index (χ1n) is 7.25. The molecule has 18 heavy (non-hydrogen) atoms. The molecule has 4 bridgehead atoms. The maximum absolute atomic E-state index is 6.02. The second-order valence-corrected chi connectivity index (χ2v) is 6.56. The minimum Gasteiger partial charge on any atom is -0.397 e. The number of hydrogen-bond acceptors (Lipinski definition) is 3.